The molecule has 3 atom stereocenters. The number of carbonyl (C=O) groups excluding carboxylic acids is 1. The molecule has 0 bridgehead atoms. The quantitative estimate of drug-likeness (QED) is 0.376. The summed E-state index contributed by atoms with van der Waals surface area (Å²) in [6, 6.07) is 0. The highest BCUT2D eigenvalue weighted by molar-refractivity contribution is 5.60. The van der Waals surface area contributed by atoms with E-state index >= 15 is 0 Å². The van der Waals surface area contributed by atoms with E-state index in [0.717, 1.165) is 0 Å². The topological polar surface area (TPSA) is 104 Å². The Labute approximate surface area is 68.4 Å². The van der Waals surface area contributed by atoms with Crippen molar-refractivity contribution in [2.75, 3.05) is 0 Å². The maximum atomic E-state index is 10.00. The highest BCUT2D eigenvalue weighted by Crippen LogP contribution is 2.03. The molecule has 0 aliphatic rings. The summed E-state index contributed by atoms with van der Waals surface area (Å²) in [4.78, 5) is 20.0. The van der Waals surface area contributed by atoms with Crippen molar-refractivity contribution >= 4 is 12.4 Å². The third kappa shape index (κ3) is 3.31. The number of hydrogen-bond donors (Lipinski definition) is 3. The first kappa shape index (κ1) is 10.9. The lowest BCUT2D eigenvalue weighted by Crippen LogP contribution is -2.40. The molecule has 0 spiro atoms. The van der Waals surface area contributed by atoms with Crippen LogP contribution in [0.1, 0.15) is 6.92 Å². The molecular weight excluding hydrogens is 168 g/mol. The monoisotopic (exact) mass is 178 g/mol. The number of ether oxygens (including phenoxy) is 1. The Balaban J connectivity index is 4.22. The van der Waals surface area contributed by atoms with Crippen molar-refractivity contribution in [2.45, 2.75) is 25.2 Å². The Bertz CT molecular complexity index is 165. The van der Waals surface area contributed by atoms with E-state index in [-0.39, 0.29) is 6.29 Å². The molecule has 0 aliphatic heterocycles. The predicted molar refractivity (Wildman–Crippen MR) is 36.6 cm³/mol. The number of carbonyl (C=O) groups is 2. The second-order valence-electron chi connectivity index (χ2n) is 2.22. The number of aliphatic hydroxyl groups is 2. The third-order valence-electron chi connectivity index (χ3n) is 1.19. The van der Waals surface area contributed by atoms with Gasteiger partial charge in [0, 0.05) is 0 Å². The van der Waals surface area contributed by atoms with Gasteiger partial charge in [-0.2, -0.15) is 0 Å². The van der Waals surface area contributed by atoms with Crippen molar-refractivity contribution in [3.63, 3.8) is 0 Å². The number of hydrogen-bond acceptors (Lipinski definition) is 5. The minimum atomic E-state index is -1.65. The Morgan fingerprint density at radius 2 is 2.00 bits per heavy atom. The van der Waals surface area contributed by atoms with Crippen LogP contribution in [-0.2, 0) is 9.53 Å². The molecule has 0 aliphatic carbocycles. The number of aldehydes is 1. The zero-order valence-electron chi connectivity index (χ0n) is 6.38. The van der Waals surface area contributed by atoms with Gasteiger partial charge < -0.3 is 24.9 Å². The van der Waals surface area contributed by atoms with Gasteiger partial charge in [0.2, 0.25) is 0 Å². The molecule has 70 valence electrons. The summed E-state index contributed by atoms with van der Waals surface area (Å²) in [6.45, 7) is 1.21. The second kappa shape index (κ2) is 4.68. The minimum absolute atomic E-state index is 0.0975. The Morgan fingerprint density at radius 1 is 1.50 bits per heavy atom. The molecule has 0 unspecified atom stereocenters. The molecule has 0 heterocycles. The van der Waals surface area contributed by atoms with Crippen molar-refractivity contribution < 1.29 is 29.6 Å². The van der Waals surface area contributed by atoms with Crippen LogP contribution in [0.25, 0.3) is 0 Å². The van der Waals surface area contributed by atoms with Gasteiger partial charge in [-0.15, -0.1) is 0 Å². The molecule has 0 aromatic rings. The van der Waals surface area contributed by atoms with Crippen LogP contribution >= 0.6 is 0 Å². The molecule has 0 radical (unpaired) electrons. The number of aliphatic hydroxyl groups excluding tert-OH is 2. The van der Waals surface area contributed by atoms with E-state index in [4.69, 9.17) is 15.3 Å². The van der Waals surface area contributed by atoms with Gasteiger partial charge in [0.05, 0.1) is 6.10 Å². The molecule has 0 fully saturated rings. The first-order chi connectivity index (χ1) is 5.49. The summed E-state index contributed by atoms with van der Waals surface area (Å²) in [6.07, 6.45) is -5.86. The van der Waals surface area contributed by atoms with Gasteiger partial charge in [-0.1, -0.05) is 0 Å². The molecule has 12 heavy (non-hydrogen) atoms. The zero-order chi connectivity index (χ0) is 9.72. The smallest absolute Gasteiger partial charge is 0.450 e. The predicted octanol–water partition coefficient (Wildman–Crippen LogP) is -1.01. The molecule has 6 nitrogen and oxygen atoms in total. The molecule has 0 amide bonds. The van der Waals surface area contributed by atoms with Crippen LogP contribution in [0.2, 0.25) is 0 Å². The average molecular weight is 178 g/mol. The normalized spacial score (nSPS) is 17.6. The molecule has 0 rings (SSSR count). The molecule has 0 saturated heterocycles. The van der Waals surface area contributed by atoms with Crippen molar-refractivity contribution in [3.8, 4) is 0 Å². The molecule has 0 saturated carbocycles. The fourth-order valence-electron chi connectivity index (χ4n) is 0.647. The molecule has 3 N–H and O–H groups in total. The molecule has 0 aromatic carbocycles. The van der Waals surface area contributed by atoms with Crippen molar-refractivity contribution in [2.24, 2.45) is 0 Å². The molecular formula is C6H10O6. The fourth-order valence-corrected chi connectivity index (χ4v) is 0.647. The van der Waals surface area contributed by atoms with Gasteiger partial charge >= 0.3 is 6.16 Å². The number of carboxylic acid groups (broad SMARTS) is 1. The summed E-state index contributed by atoms with van der Waals surface area (Å²) in [5.41, 5.74) is 0. The van der Waals surface area contributed by atoms with E-state index < -0.39 is 24.5 Å². The first-order valence-corrected chi connectivity index (χ1v) is 3.20. The average Bonchev–Trinajstić information content (AvgIpc) is 1.98. The maximum absolute atomic E-state index is 10.00. The SMILES string of the molecule is C[C@H](O)[C@@H](OC(=O)O)[C@H](O)C=O. The lowest BCUT2D eigenvalue weighted by Gasteiger charge is -2.19. The van der Waals surface area contributed by atoms with Crippen molar-refractivity contribution in [1.29, 1.82) is 0 Å². The lowest BCUT2D eigenvalue weighted by atomic mass is 10.1. The van der Waals surface area contributed by atoms with Crippen molar-refractivity contribution in [3.05, 3.63) is 0 Å². The van der Waals surface area contributed by atoms with Gasteiger partial charge in [0.1, 0.15) is 6.10 Å². The maximum Gasteiger partial charge on any atom is 0.506 e. The lowest BCUT2D eigenvalue weighted by molar-refractivity contribution is -0.127. The fraction of sp³-hybridized carbons (Fsp3) is 0.667. The summed E-state index contributed by atoms with van der Waals surface area (Å²) < 4.78 is 4.05. The highest BCUT2D eigenvalue weighted by atomic mass is 16.7. The van der Waals surface area contributed by atoms with E-state index in [1.165, 1.54) is 6.92 Å². The summed E-state index contributed by atoms with van der Waals surface area (Å²) in [5, 5.41) is 25.8. The third-order valence-corrected chi connectivity index (χ3v) is 1.19. The van der Waals surface area contributed by atoms with Gasteiger partial charge in [-0.05, 0) is 6.92 Å². The largest absolute Gasteiger partial charge is 0.506 e. The van der Waals surface area contributed by atoms with Crippen LogP contribution < -0.4 is 0 Å². The van der Waals surface area contributed by atoms with Crippen molar-refractivity contribution in [1.82, 2.24) is 0 Å². The van der Waals surface area contributed by atoms with E-state index in [9.17, 15) is 9.59 Å². The van der Waals surface area contributed by atoms with Crippen LogP contribution in [0.3, 0.4) is 0 Å². The number of rotatable bonds is 4. The van der Waals surface area contributed by atoms with Crippen LogP contribution in [0.4, 0.5) is 4.79 Å². The van der Waals surface area contributed by atoms with Crippen LogP contribution in [-0.4, -0.2) is 46.1 Å². The summed E-state index contributed by atoms with van der Waals surface area (Å²) in [5.74, 6) is 0. The van der Waals surface area contributed by atoms with Gasteiger partial charge in [0.25, 0.3) is 0 Å². The van der Waals surface area contributed by atoms with E-state index in [0.29, 0.717) is 0 Å². The highest BCUT2D eigenvalue weighted by Gasteiger charge is 2.27. The van der Waals surface area contributed by atoms with E-state index in [1.807, 2.05) is 0 Å². The van der Waals surface area contributed by atoms with Gasteiger partial charge in [-0.3, -0.25) is 0 Å². The van der Waals surface area contributed by atoms with Crippen LogP contribution in [0.15, 0.2) is 0 Å². The molecule has 0 aromatic heterocycles. The summed E-state index contributed by atoms with van der Waals surface area (Å²) in [7, 11) is 0. The Morgan fingerprint density at radius 3 is 2.25 bits per heavy atom. The van der Waals surface area contributed by atoms with Crippen LogP contribution in [0, 0.1) is 0 Å². The summed E-state index contributed by atoms with van der Waals surface area (Å²) >= 11 is 0. The zero-order valence-corrected chi connectivity index (χ0v) is 6.38. The van der Waals surface area contributed by atoms with Gasteiger partial charge in [-0.25, -0.2) is 4.79 Å². The first-order valence-electron chi connectivity index (χ1n) is 3.20. The Kier molecular flexibility index (Phi) is 4.24. The Hall–Kier alpha value is -1.14. The van der Waals surface area contributed by atoms with Crippen LogP contribution in [0.5, 0.6) is 0 Å². The second-order valence-corrected chi connectivity index (χ2v) is 2.22. The van der Waals surface area contributed by atoms with E-state index in [2.05, 4.69) is 4.74 Å². The molecule has 6 heteroatoms. The minimum Gasteiger partial charge on any atom is -0.450 e. The standard InChI is InChI=1S/C6H10O6/c1-3(8)5(4(9)2-7)12-6(10)11/h2-5,8-9H,1H3,(H,10,11)/t3-,4+,5+/m0/s1. The van der Waals surface area contributed by atoms with Gasteiger partial charge in [0.15, 0.2) is 12.4 Å². The van der Waals surface area contributed by atoms with E-state index in [1.54, 1.807) is 0 Å².